The fourth-order valence-corrected chi connectivity index (χ4v) is 11.1. The second kappa shape index (κ2) is 24.8. The number of hydrogen-bond donors (Lipinski definition) is 1. The lowest BCUT2D eigenvalue weighted by molar-refractivity contribution is -0.0750. The summed E-state index contributed by atoms with van der Waals surface area (Å²) in [6.45, 7) is 32.1. The van der Waals surface area contributed by atoms with Gasteiger partial charge in [-0.1, -0.05) is 127 Å². The van der Waals surface area contributed by atoms with Gasteiger partial charge in [-0.3, -0.25) is 4.18 Å². The van der Waals surface area contributed by atoms with Crippen molar-refractivity contribution in [3.05, 3.63) is 125 Å². The van der Waals surface area contributed by atoms with E-state index in [1.54, 1.807) is 34.1 Å². The van der Waals surface area contributed by atoms with Gasteiger partial charge in [-0.25, -0.2) is 0 Å². The summed E-state index contributed by atoms with van der Waals surface area (Å²) in [6.07, 6.45) is 6.63. The molecule has 0 amide bonds. The SMILES string of the molecule is C=C/C=C\[C@H](C)[C@H](OCc1ccc(OC)cc1)[C@@H](C)[C@H](O)[C@@H](COS(=O)(=O)c1c(C)cc(C)cc1C)C/C(C)=C\[C@H](C)[C@@H](O[Si](C)(C)C(C)(C)C)[C@@H](C)COCc1ccc(OC)cc1. The van der Waals surface area contributed by atoms with E-state index in [2.05, 4.69) is 67.3 Å². The van der Waals surface area contributed by atoms with E-state index >= 15 is 0 Å². The fraction of sp³-hybridized carbons (Fsp3) is 0.547. The molecule has 0 saturated heterocycles. The monoisotopic (exact) mass is 921 g/mol. The summed E-state index contributed by atoms with van der Waals surface area (Å²) in [5, 5.41) is 12.4. The molecule has 0 aliphatic rings. The van der Waals surface area contributed by atoms with E-state index in [1.807, 2.05) is 93.6 Å². The zero-order valence-corrected chi connectivity index (χ0v) is 43.4. The van der Waals surface area contributed by atoms with Gasteiger partial charge in [0.15, 0.2) is 8.32 Å². The molecule has 0 aliphatic heterocycles. The van der Waals surface area contributed by atoms with Crippen LogP contribution in [0.3, 0.4) is 0 Å². The van der Waals surface area contributed by atoms with Crippen molar-refractivity contribution in [2.75, 3.05) is 27.4 Å². The van der Waals surface area contributed by atoms with E-state index in [-0.39, 0.29) is 40.4 Å². The lowest BCUT2D eigenvalue weighted by Gasteiger charge is -2.42. The number of rotatable bonds is 26. The maximum absolute atomic E-state index is 14.0. The van der Waals surface area contributed by atoms with Gasteiger partial charge in [0.25, 0.3) is 10.1 Å². The van der Waals surface area contributed by atoms with E-state index in [0.717, 1.165) is 33.8 Å². The third-order valence-electron chi connectivity index (χ3n) is 12.8. The van der Waals surface area contributed by atoms with Gasteiger partial charge < -0.3 is 28.5 Å². The highest BCUT2D eigenvalue weighted by Crippen LogP contribution is 2.40. The summed E-state index contributed by atoms with van der Waals surface area (Å²) in [4.78, 5) is 0.165. The van der Waals surface area contributed by atoms with Crippen LogP contribution in [0.25, 0.3) is 0 Å². The van der Waals surface area contributed by atoms with Gasteiger partial charge in [-0.15, -0.1) is 0 Å². The Morgan fingerprint density at radius 2 is 1.34 bits per heavy atom. The molecule has 3 aromatic rings. The number of aliphatic hydroxyl groups is 1. The zero-order valence-electron chi connectivity index (χ0n) is 41.6. The highest BCUT2D eigenvalue weighted by Gasteiger charge is 2.41. The van der Waals surface area contributed by atoms with Crippen molar-refractivity contribution in [3.8, 4) is 11.5 Å². The molecule has 0 unspecified atom stereocenters. The minimum absolute atomic E-state index is 0.0142. The number of allylic oxidation sites excluding steroid dienone is 3. The Morgan fingerprint density at radius 1 is 0.812 bits per heavy atom. The smallest absolute Gasteiger partial charge is 0.297 e. The molecule has 11 heteroatoms. The standard InChI is InChI=1S/C53H80O9SSi/c1-17-18-19-38(4)51(60-34-45-22-26-48(58-14)27-23-45)43(9)49(54)46(35-61-63(55,56)52-40(6)29-36(2)30-41(52)7)31-37(3)28-39(5)50(62-64(15,16)53(10,11)12)42(8)32-59-33-44-20-24-47(57-13)25-21-44/h17-30,38-39,42-43,46,49-51,54H,1,31-35H2,2-16H3/b19-18-,37-28-/t38-,39-,42-,43-,46+,49-,50+,51-/m0/s1. The number of ether oxygens (including phenoxy) is 4. The van der Waals surface area contributed by atoms with Crippen LogP contribution in [-0.4, -0.2) is 67.6 Å². The van der Waals surface area contributed by atoms with Gasteiger partial charge in [0, 0.05) is 23.7 Å². The summed E-state index contributed by atoms with van der Waals surface area (Å²) in [5.74, 6) is 0.437. The first-order chi connectivity index (χ1) is 29.9. The minimum atomic E-state index is -4.17. The Balaban J connectivity index is 1.99. The second-order valence-corrected chi connectivity index (χ2v) is 25.7. The number of methoxy groups -OCH3 is 2. The summed E-state index contributed by atoms with van der Waals surface area (Å²) in [5.41, 5.74) is 5.24. The molecule has 356 valence electrons. The third-order valence-corrected chi connectivity index (χ3v) is 18.8. The van der Waals surface area contributed by atoms with Gasteiger partial charge >= 0.3 is 0 Å². The Bertz CT molecular complexity index is 2050. The molecule has 0 fully saturated rings. The molecule has 8 atom stereocenters. The molecule has 0 radical (unpaired) electrons. The van der Waals surface area contributed by atoms with Gasteiger partial charge in [0.05, 0.1) is 63.9 Å². The van der Waals surface area contributed by atoms with Crippen molar-refractivity contribution in [2.45, 2.75) is 137 Å². The van der Waals surface area contributed by atoms with Crippen LogP contribution in [0.1, 0.15) is 89.6 Å². The van der Waals surface area contributed by atoms with Crippen LogP contribution >= 0.6 is 0 Å². The minimum Gasteiger partial charge on any atom is -0.497 e. The number of aryl methyl sites for hydroxylation is 3. The predicted molar refractivity (Wildman–Crippen MR) is 264 cm³/mol. The molecule has 9 nitrogen and oxygen atoms in total. The lowest BCUT2D eigenvalue weighted by Crippen LogP contribution is -2.47. The molecule has 0 aromatic heterocycles. The van der Waals surface area contributed by atoms with E-state index in [1.165, 1.54) is 0 Å². The van der Waals surface area contributed by atoms with Crippen molar-refractivity contribution in [1.29, 1.82) is 0 Å². The van der Waals surface area contributed by atoms with Gasteiger partial charge in [-0.05, 0) is 105 Å². The Hall–Kier alpha value is -3.55. The summed E-state index contributed by atoms with van der Waals surface area (Å²) in [7, 11) is -3.11. The van der Waals surface area contributed by atoms with Crippen molar-refractivity contribution in [3.63, 3.8) is 0 Å². The molecule has 0 heterocycles. The lowest BCUT2D eigenvalue weighted by atomic mass is 9.81. The first kappa shape index (κ1) is 54.8. The zero-order chi connectivity index (χ0) is 48.0. The summed E-state index contributed by atoms with van der Waals surface area (Å²) >= 11 is 0. The van der Waals surface area contributed by atoms with E-state index in [9.17, 15) is 13.5 Å². The van der Waals surface area contributed by atoms with Crippen LogP contribution in [0.5, 0.6) is 11.5 Å². The normalized spacial score (nSPS) is 16.7. The summed E-state index contributed by atoms with van der Waals surface area (Å²) < 4.78 is 64.8. The Labute approximate surface area is 388 Å². The van der Waals surface area contributed by atoms with E-state index in [4.69, 9.17) is 27.6 Å². The highest BCUT2D eigenvalue weighted by molar-refractivity contribution is 7.86. The third kappa shape index (κ3) is 16.1. The average molecular weight is 921 g/mol. The number of benzene rings is 3. The quantitative estimate of drug-likeness (QED) is 0.0364. The van der Waals surface area contributed by atoms with Gasteiger partial charge in [0.1, 0.15) is 11.5 Å². The molecule has 0 bridgehead atoms. The maximum atomic E-state index is 14.0. The molecule has 64 heavy (non-hydrogen) atoms. The molecule has 3 rings (SSSR count). The molecule has 1 N–H and O–H groups in total. The maximum Gasteiger partial charge on any atom is 0.297 e. The van der Waals surface area contributed by atoms with E-state index in [0.29, 0.717) is 37.4 Å². The predicted octanol–water partition coefficient (Wildman–Crippen LogP) is 12.1. The van der Waals surface area contributed by atoms with Crippen LogP contribution < -0.4 is 9.47 Å². The first-order valence-electron chi connectivity index (χ1n) is 22.7. The second-order valence-electron chi connectivity index (χ2n) is 19.4. The van der Waals surface area contributed by atoms with Crippen molar-refractivity contribution in [2.24, 2.45) is 29.6 Å². The van der Waals surface area contributed by atoms with Crippen molar-refractivity contribution in [1.82, 2.24) is 0 Å². The highest BCUT2D eigenvalue weighted by atomic mass is 32.2. The Kier molecular flexibility index (Phi) is 21.2. The fourth-order valence-electron chi connectivity index (χ4n) is 8.22. The van der Waals surface area contributed by atoms with E-state index < -0.39 is 42.5 Å². The van der Waals surface area contributed by atoms with Gasteiger partial charge in [-0.2, -0.15) is 8.42 Å². The van der Waals surface area contributed by atoms with Crippen molar-refractivity contribution >= 4 is 18.4 Å². The van der Waals surface area contributed by atoms with Crippen LogP contribution in [0.2, 0.25) is 18.1 Å². The molecule has 0 spiro atoms. The number of hydrogen-bond acceptors (Lipinski definition) is 9. The van der Waals surface area contributed by atoms with Crippen LogP contribution in [0, 0.1) is 50.4 Å². The van der Waals surface area contributed by atoms with Crippen molar-refractivity contribution < 1.29 is 41.1 Å². The largest absolute Gasteiger partial charge is 0.497 e. The Morgan fingerprint density at radius 3 is 1.84 bits per heavy atom. The van der Waals surface area contributed by atoms with Crippen LogP contribution in [-0.2, 0) is 41.4 Å². The molecule has 3 aromatic carbocycles. The number of aliphatic hydroxyl groups excluding tert-OH is 1. The average Bonchev–Trinajstić information content (AvgIpc) is 3.22. The molecule has 0 aliphatic carbocycles. The topological polar surface area (TPSA) is 110 Å². The molecule has 0 saturated carbocycles. The molecular weight excluding hydrogens is 841 g/mol. The van der Waals surface area contributed by atoms with Gasteiger partial charge in [0.2, 0.25) is 0 Å². The van der Waals surface area contributed by atoms with Crippen LogP contribution in [0.15, 0.2) is 102 Å². The summed E-state index contributed by atoms with van der Waals surface area (Å²) in [6, 6.07) is 19.3. The van der Waals surface area contributed by atoms with Crippen LogP contribution in [0.4, 0.5) is 0 Å². The first-order valence-corrected chi connectivity index (χ1v) is 27.0. The molecular formula is C53H80O9SSi.